The lowest BCUT2D eigenvalue weighted by atomic mass is 9.94. The van der Waals surface area contributed by atoms with Gasteiger partial charge in [-0.05, 0) is 49.5 Å². The van der Waals surface area contributed by atoms with Crippen LogP contribution < -0.4 is 9.47 Å². The standard InChI is InChI=1S/C23H29IO7/c1-13(8-10-18(25)26)7-9-16-20(29-4)15(3)17-12-30-23(28)19(17)21(16)31-22(27)14(2)6-5-11-24/h7,14H,5-6,8-12H2,1-4H3,(H,25,26)/b13-7+. The van der Waals surface area contributed by atoms with Crippen LogP contribution in [0.5, 0.6) is 11.5 Å². The van der Waals surface area contributed by atoms with Crippen molar-refractivity contribution in [3.63, 3.8) is 0 Å². The minimum Gasteiger partial charge on any atom is -0.496 e. The minimum atomic E-state index is -0.864. The Morgan fingerprint density at radius 3 is 2.61 bits per heavy atom. The molecule has 0 radical (unpaired) electrons. The largest absolute Gasteiger partial charge is 0.496 e. The molecule has 0 bridgehead atoms. The van der Waals surface area contributed by atoms with E-state index in [0.29, 0.717) is 36.1 Å². The van der Waals surface area contributed by atoms with Gasteiger partial charge in [0.2, 0.25) is 0 Å². The van der Waals surface area contributed by atoms with E-state index in [0.717, 1.165) is 22.0 Å². The van der Waals surface area contributed by atoms with E-state index in [2.05, 4.69) is 22.6 Å². The summed E-state index contributed by atoms with van der Waals surface area (Å²) >= 11 is 2.27. The highest BCUT2D eigenvalue weighted by molar-refractivity contribution is 14.1. The quantitative estimate of drug-likeness (QED) is 0.141. The summed E-state index contributed by atoms with van der Waals surface area (Å²) in [6, 6.07) is 0. The van der Waals surface area contributed by atoms with Crippen LogP contribution in [0, 0.1) is 12.8 Å². The van der Waals surface area contributed by atoms with Gasteiger partial charge in [-0.15, -0.1) is 0 Å². The molecular formula is C23H29IO7. The van der Waals surface area contributed by atoms with Crippen LogP contribution in [0.25, 0.3) is 0 Å². The molecule has 0 saturated heterocycles. The van der Waals surface area contributed by atoms with Gasteiger partial charge < -0.3 is 19.3 Å². The van der Waals surface area contributed by atoms with E-state index in [4.69, 9.17) is 19.3 Å². The first-order chi connectivity index (χ1) is 14.7. The molecule has 2 rings (SSSR count). The van der Waals surface area contributed by atoms with Crippen molar-refractivity contribution in [1.29, 1.82) is 0 Å². The fourth-order valence-electron chi connectivity index (χ4n) is 3.51. The van der Waals surface area contributed by atoms with E-state index in [1.807, 2.05) is 26.8 Å². The molecule has 1 N–H and O–H groups in total. The van der Waals surface area contributed by atoms with Crippen LogP contribution in [0.15, 0.2) is 11.6 Å². The van der Waals surface area contributed by atoms with Crippen molar-refractivity contribution in [2.24, 2.45) is 5.92 Å². The predicted molar refractivity (Wildman–Crippen MR) is 124 cm³/mol. The van der Waals surface area contributed by atoms with E-state index in [1.54, 1.807) is 0 Å². The van der Waals surface area contributed by atoms with Crippen molar-refractivity contribution in [2.45, 2.75) is 59.5 Å². The predicted octanol–water partition coefficient (Wildman–Crippen LogP) is 4.78. The average molecular weight is 544 g/mol. The van der Waals surface area contributed by atoms with Gasteiger partial charge in [0.1, 0.15) is 17.9 Å². The number of alkyl halides is 1. The second kappa shape index (κ2) is 11.5. The number of benzene rings is 1. The Morgan fingerprint density at radius 1 is 1.29 bits per heavy atom. The van der Waals surface area contributed by atoms with Crippen LogP contribution in [0.1, 0.15) is 66.6 Å². The molecule has 1 unspecified atom stereocenters. The van der Waals surface area contributed by atoms with Crippen LogP contribution in [0.4, 0.5) is 0 Å². The Balaban J connectivity index is 2.48. The Bertz CT molecular complexity index is 889. The van der Waals surface area contributed by atoms with Crippen molar-refractivity contribution < 1.29 is 33.7 Å². The number of aliphatic carboxylic acids is 1. The second-order valence-corrected chi connectivity index (χ2v) is 8.78. The van der Waals surface area contributed by atoms with Gasteiger partial charge >= 0.3 is 17.9 Å². The summed E-state index contributed by atoms with van der Waals surface area (Å²) in [6.45, 7) is 5.62. The summed E-state index contributed by atoms with van der Waals surface area (Å²) in [7, 11) is 1.53. The van der Waals surface area contributed by atoms with E-state index in [9.17, 15) is 14.4 Å². The number of ether oxygens (including phenoxy) is 3. The summed E-state index contributed by atoms with van der Waals surface area (Å²) in [6.07, 6.45) is 4.25. The first-order valence-electron chi connectivity index (χ1n) is 10.3. The molecule has 0 saturated carbocycles. The van der Waals surface area contributed by atoms with Gasteiger partial charge in [-0.25, -0.2) is 4.79 Å². The number of esters is 2. The molecule has 1 aliphatic rings. The number of cyclic esters (lactones) is 1. The summed E-state index contributed by atoms with van der Waals surface area (Å²) in [5.41, 5.74) is 3.19. The molecule has 1 aromatic rings. The van der Waals surface area contributed by atoms with Gasteiger partial charge in [0, 0.05) is 17.5 Å². The number of fused-ring (bicyclic) bond motifs is 1. The van der Waals surface area contributed by atoms with E-state index in [1.165, 1.54) is 7.11 Å². The van der Waals surface area contributed by atoms with Crippen LogP contribution in [0.3, 0.4) is 0 Å². The minimum absolute atomic E-state index is 0.0329. The Kier molecular flexibility index (Phi) is 9.33. The summed E-state index contributed by atoms with van der Waals surface area (Å²) in [4.78, 5) is 36.1. The zero-order chi connectivity index (χ0) is 23.1. The van der Waals surface area contributed by atoms with Gasteiger partial charge in [0.25, 0.3) is 0 Å². The second-order valence-electron chi connectivity index (χ2n) is 7.70. The zero-order valence-electron chi connectivity index (χ0n) is 18.4. The third-order valence-electron chi connectivity index (χ3n) is 5.39. The zero-order valence-corrected chi connectivity index (χ0v) is 20.5. The number of carboxylic acid groups (broad SMARTS) is 1. The lowest BCUT2D eigenvalue weighted by Gasteiger charge is -2.20. The number of halogens is 1. The van der Waals surface area contributed by atoms with Crippen molar-refractivity contribution in [3.8, 4) is 11.5 Å². The Hall–Kier alpha value is -2.10. The summed E-state index contributed by atoms with van der Waals surface area (Å²) in [5, 5.41) is 8.90. The number of carbonyl (C=O) groups excluding carboxylic acids is 2. The third-order valence-corrected chi connectivity index (χ3v) is 6.15. The van der Waals surface area contributed by atoms with Gasteiger partial charge in [0.05, 0.1) is 13.0 Å². The molecular weight excluding hydrogens is 515 g/mol. The molecule has 170 valence electrons. The molecule has 0 spiro atoms. The topological polar surface area (TPSA) is 99.1 Å². The molecule has 0 aromatic heterocycles. The molecule has 0 fully saturated rings. The number of carboxylic acids is 1. The Labute approximate surface area is 196 Å². The molecule has 31 heavy (non-hydrogen) atoms. The molecule has 1 atom stereocenters. The number of carbonyl (C=O) groups is 3. The Morgan fingerprint density at radius 2 is 2.00 bits per heavy atom. The molecule has 7 nitrogen and oxygen atoms in total. The van der Waals surface area contributed by atoms with Gasteiger partial charge in [-0.2, -0.15) is 0 Å². The first-order valence-corrected chi connectivity index (χ1v) is 11.8. The SMILES string of the molecule is COc1c(C)c2c(c(OC(=O)C(C)CCCI)c1C/C=C(\C)CCC(=O)O)C(=O)OC2. The lowest BCUT2D eigenvalue weighted by Crippen LogP contribution is -2.20. The number of allylic oxidation sites excluding steroid dienone is 2. The maximum atomic E-state index is 12.8. The summed E-state index contributed by atoms with van der Waals surface area (Å²) in [5.74, 6) is -1.36. The van der Waals surface area contributed by atoms with Crippen molar-refractivity contribution in [2.75, 3.05) is 11.5 Å². The average Bonchev–Trinajstić information content (AvgIpc) is 3.12. The normalized spacial score (nSPS) is 14.1. The van der Waals surface area contributed by atoms with Gasteiger partial charge in [0.15, 0.2) is 5.75 Å². The molecule has 8 heteroatoms. The lowest BCUT2D eigenvalue weighted by molar-refractivity contribution is -0.139. The monoisotopic (exact) mass is 544 g/mol. The smallest absolute Gasteiger partial charge is 0.342 e. The fourth-order valence-corrected chi connectivity index (χ4v) is 3.95. The highest BCUT2D eigenvalue weighted by Crippen LogP contribution is 2.43. The van der Waals surface area contributed by atoms with Crippen molar-refractivity contribution >= 4 is 40.5 Å². The molecule has 1 heterocycles. The van der Waals surface area contributed by atoms with Gasteiger partial charge in [-0.3, -0.25) is 9.59 Å². The number of hydrogen-bond donors (Lipinski definition) is 1. The molecule has 1 aliphatic heterocycles. The third kappa shape index (κ3) is 6.21. The van der Waals surface area contributed by atoms with Crippen molar-refractivity contribution in [1.82, 2.24) is 0 Å². The summed E-state index contributed by atoms with van der Waals surface area (Å²) < 4.78 is 17.6. The number of rotatable bonds is 11. The highest BCUT2D eigenvalue weighted by Gasteiger charge is 2.34. The van der Waals surface area contributed by atoms with Crippen molar-refractivity contribution in [3.05, 3.63) is 33.9 Å². The number of hydrogen-bond acceptors (Lipinski definition) is 6. The maximum Gasteiger partial charge on any atom is 0.342 e. The van der Waals surface area contributed by atoms with Crippen LogP contribution in [-0.4, -0.2) is 34.6 Å². The molecule has 1 aromatic carbocycles. The van der Waals surface area contributed by atoms with Crippen LogP contribution >= 0.6 is 22.6 Å². The number of methoxy groups -OCH3 is 1. The van der Waals surface area contributed by atoms with E-state index >= 15 is 0 Å². The van der Waals surface area contributed by atoms with E-state index < -0.39 is 17.9 Å². The molecule has 0 amide bonds. The van der Waals surface area contributed by atoms with Crippen LogP contribution in [-0.2, 0) is 27.4 Å². The molecule has 0 aliphatic carbocycles. The highest BCUT2D eigenvalue weighted by atomic mass is 127. The van der Waals surface area contributed by atoms with Gasteiger partial charge in [-0.1, -0.05) is 41.2 Å². The van der Waals surface area contributed by atoms with E-state index in [-0.39, 0.29) is 30.3 Å². The fraction of sp³-hybridized carbons (Fsp3) is 0.522. The maximum absolute atomic E-state index is 12.8. The first kappa shape index (κ1) is 25.2. The van der Waals surface area contributed by atoms with Crippen LogP contribution in [0.2, 0.25) is 0 Å².